The van der Waals surface area contributed by atoms with Crippen molar-refractivity contribution in [3.05, 3.63) is 47.5 Å². The Bertz CT molecular complexity index is 780. The number of ether oxygens (including phenoxy) is 3. The first-order valence-corrected chi connectivity index (χ1v) is 8.56. The zero-order chi connectivity index (χ0) is 18.5. The molecule has 26 heavy (non-hydrogen) atoms. The molecule has 3 rings (SSSR count). The fraction of sp³-hybridized carbons (Fsp3) is 0.350. The molecular weight excluding hydrogens is 330 g/mol. The number of rotatable bonds is 5. The first-order valence-electron chi connectivity index (χ1n) is 8.56. The normalized spacial score (nSPS) is 13.4. The number of hydrogen-bond acceptors (Lipinski definition) is 4. The van der Waals surface area contributed by atoms with Crippen molar-refractivity contribution in [3.8, 4) is 17.2 Å². The van der Waals surface area contributed by atoms with Crippen molar-refractivity contribution in [1.29, 1.82) is 0 Å². The third kappa shape index (κ3) is 3.40. The third-order valence-electron chi connectivity index (χ3n) is 4.53. The number of nitrogens with zero attached hydrogens (tertiary/aromatic N) is 2. The molecule has 0 atom stereocenters. The van der Waals surface area contributed by atoms with Gasteiger partial charge in [-0.15, -0.1) is 0 Å². The molecule has 1 aliphatic rings. The summed E-state index contributed by atoms with van der Waals surface area (Å²) in [5.74, 6) is 2.73. The van der Waals surface area contributed by atoms with Gasteiger partial charge in [0.05, 0.1) is 21.3 Å². The van der Waals surface area contributed by atoms with Crippen molar-refractivity contribution in [1.82, 2.24) is 5.32 Å². The van der Waals surface area contributed by atoms with Crippen molar-refractivity contribution < 1.29 is 14.2 Å². The van der Waals surface area contributed by atoms with E-state index in [0.29, 0.717) is 23.8 Å². The highest BCUT2D eigenvalue weighted by Crippen LogP contribution is 2.38. The van der Waals surface area contributed by atoms with E-state index in [4.69, 9.17) is 14.2 Å². The summed E-state index contributed by atoms with van der Waals surface area (Å²) in [6.45, 7) is 1.52. The smallest absolute Gasteiger partial charge is 0.203 e. The number of benzene rings is 2. The van der Waals surface area contributed by atoms with E-state index in [2.05, 4.69) is 39.5 Å². The van der Waals surface area contributed by atoms with Gasteiger partial charge in [0.2, 0.25) is 5.75 Å². The monoisotopic (exact) mass is 355 g/mol. The molecule has 0 saturated heterocycles. The molecule has 0 bridgehead atoms. The summed E-state index contributed by atoms with van der Waals surface area (Å²) in [6, 6.07) is 12.3. The summed E-state index contributed by atoms with van der Waals surface area (Å²) in [5.41, 5.74) is 3.59. The maximum Gasteiger partial charge on any atom is 0.203 e. The molecule has 0 fully saturated rings. The second-order valence-electron chi connectivity index (χ2n) is 5.96. The second kappa shape index (κ2) is 7.99. The predicted molar refractivity (Wildman–Crippen MR) is 104 cm³/mol. The van der Waals surface area contributed by atoms with Gasteiger partial charge in [-0.3, -0.25) is 4.99 Å². The quantitative estimate of drug-likeness (QED) is 0.660. The molecule has 0 amide bonds. The van der Waals surface area contributed by atoms with Crippen LogP contribution in [0.25, 0.3) is 0 Å². The van der Waals surface area contributed by atoms with Crippen molar-refractivity contribution in [2.75, 3.05) is 39.8 Å². The Labute approximate surface area is 154 Å². The number of aliphatic imine (C=N–C) groups is 1. The Balaban J connectivity index is 1.78. The molecule has 0 radical (unpaired) electrons. The van der Waals surface area contributed by atoms with Gasteiger partial charge in [0, 0.05) is 25.8 Å². The highest BCUT2D eigenvalue weighted by molar-refractivity contribution is 5.97. The third-order valence-corrected chi connectivity index (χ3v) is 4.53. The summed E-state index contributed by atoms with van der Waals surface area (Å²) in [4.78, 5) is 6.66. The van der Waals surface area contributed by atoms with Crippen LogP contribution >= 0.6 is 0 Å². The van der Waals surface area contributed by atoms with E-state index in [9.17, 15) is 0 Å². The molecule has 1 heterocycles. The van der Waals surface area contributed by atoms with Gasteiger partial charge >= 0.3 is 0 Å². The van der Waals surface area contributed by atoms with Gasteiger partial charge < -0.3 is 24.4 Å². The Hall–Kier alpha value is -2.89. The van der Waals surface area contributed by atoms with Crippen molar-refractivity contribution >= 4 is 11.6 Å². The maximum atomic E-state index is 5.43. The minimum atomic E-state index is 0.594. The molecule has 6 nitrogen and oxygen atoms in total. The molecule has 2 aromatic carbocycles. The number of methoxy groups -OCH3 is 3. The van der Waals surface area contributed by atoms with Gasteiger partial charge in [0.25, 0.3) is 0 Å². The van der Waals surface area contributed by atoms with Gasteiger partial charge in [0.1, 0.15) is 0 Å². The molecule has 1 aliphatic heterocycles. The van der Waals surface area contributed by atoms with E-state index in [0.717, 1.165) is 24.5 Å². The SMILES string of the molecule is CN=C(NCc1cc(OC)c(OC)c(OC)c1)N1CCc2ccccc21. The Morgan fingerprint density at radius 1 is 1.08 bits per heavy atom. The van der Waals surface area contributed by atoms with Crippen LogP contribution in [0.1, 0.15) is 11.1 Å². The van der Waals surface area contributed by atoms with Crippen LogP contribution in [0.15, 0.2) is 41.4 Å². The van der Waals surface area contributed by atoms with E-state index >= 15 is 0 Å². The second-order valence-corrected chi connectivity index (χ2v) is 5.96. The van der Waals surface area contributed by atoms with Crippen LogP contribution in [0, 0.1) is 0 Å². The van der Waals surface area contributed by atoms with E-state index in [1.807, 2.05) is 12.1 Å². The number of anilines is 1. The largest absolute Gasteiger partial charge is 0.493 e. The lowest BCUT2D eigenvalue weighted by molar-refractivity contribution is 0.323. The molecular formula is C20H25N3O3. The summed E-state index contributed by atoms with van der Waals surface area (Å²) < 4.78 is 16.2. The molecule has 0 unspecified atom stereocenters. The predicted octanol–water partition coefficient (Wildman–Crippen LogP) is 2.85. The Morgan fingerprint density at radius 3 is 2.38 bits per heavy atom. The van der Waals surface area contributed by atoms with Gasteiger partial charge in [0.15, 0.2) is 17.5 Å². The molecule has 2 aromatic rings. The average molecular weight is 355 g/mol. The summed E-state index contributed by atoms with van der Waals surface area (Å²) in [7, 11) is 6.65. The maximum absolute atomic E-state index is 5.43. The number of fused-ring (bicyclic) bond motifs is 1. The minimum absolute atomic E-state index is 0.594. The molecule has 0 spiro atoms. The van der Waals surface area contributed by atoms with E-state index in [1.54, 1.807) is 28.4 Å². The van der Waals surface area contributed by atoms with Crippen LogP contribution in [-0.2, 0) is 13.0 Å². The van der Waals surface area contributed by atoms with Crippen LogP contribution in [0.3, 0.4) is 0 Å². The van der Waals surface area contributed by atoms with Gasteiger partial charge in [-0.2, -0.15) is 0 Å². The van der Waals surface area contributed by atoms with Gasteiger partial charge in [-0.05, 0) is 35.7 Å². The van der Waals surface area contributed by atoms with Crippen LogP contribution < -0.4 is 24.4 Å². The lowest BCUT2D eigenvalue weighted by Gasteiger charge is -2.22. The lowest BCUT2D eigenvalue weighted by atomic mass is 10.1. The molecule has 0 aliphatic carbocycles. The number of hydrogen-bond donors (Lipinski definition) is 1. The van der Waals surface area contributed by atoms with Crippen LogP contribution in [0.2, 0.25) is 0 Å². The van der Waals surface area contributed by atoms with E-state index < -0.39 is 0 Å². The molecule has 0 aromatic heterocycles. The highest BCUT2D eigenvalue weighted by Gasteiger charge is 2.22. The fourth-order valence-corrected chi connectivity index (χ4v) is 3.27. The van der Waals surface area contributed by atoms with Crippen LogP contribution in [0.5, 0.6) is 17.2 Å². The lowest BCUT2D eigenvalue weighted by Crippen LogP contribution is -2.40. The van der Waals surface area contributed by atoms with Gasteiger partial charge in [-0.1, -0.05) is 18.2 Å². The number of nitrogens with one attached hydrogen (secondary N) is 1. The summed E-state index contributed by atoms with van der Waals surface area (Å²) in [6.07, 6.45) is 1.03. The molecule has 1 N–H and O–H groups in total. The first kappa shape index (κ1) is 17.9. The van der Waals surface area contributed by atoms with Gasteiger partial charge in [-0.25, -0.2) is 0 Å². The highest BCUT2D eigenvalue weighted by atomic mass is 16.5. The summed E-state index contributed by atoms with van der Waals surface area (Å²) >= 11 is 0. The Kier molecular flexibility index (Phi) is 5.51. The van der Waals surface area contributed by atoms with Crippen molar-refractivity contribution in [2.45, 2.75) is 13.0 Å². The molecule has 138 valence electrons. The number of guanidine groups is 1. The zero-order valence-electron chi connectivity index (χ0n) is 15.7. The number of para-hydroxylation sites is 1. The molecule has 6 heteroatoms. The van der Waals surface area contributed by atoms with Crippen molar-refractivity contribution in [3.63, 3.8) is 0 Å². The van der Waals surface area contributed by atoms with E-state index in [1.165, 1.54) is 11.3 Å². The standard InChI is InChI=1S/C20H25N3O3/c1-21-20(23-10-9-15-7-5-6-8-16(15)23)22-13-14-11-17(24-2)19(26-4)18(12-14)25-3/h5-8,11-12H,9-10,13H2,1-4H3,(H,21,22). The average Bonchev–Trinajstić information content (AvgIpc) is 3.11. The fourth-order valence-electron chi connectivity index (χ4n) is 3.27. The van der Waals surface area contributed by atoms with Crippen molar-refractivity contribution in [2.24, 2.45) is 4.99 Å². The van der Waals surface area contributed by atoms with Crippen LogP contribution in [-0.4, -0.2) is 40.9 Å². The Morgan fingerprint density at radius 2 is 1.77 bits per heavy atom. The van der Waals surface area contributed by atoms with E-state index in [-0.39, 0.29) is 0 Å². The minimum Gasteiger partial charge on any atom is -0.493 e. The summed E-state index contributed by atoms with van der Waals surface area (Å²) in [5, 5.41) is 3.43. The first-order chi connectivity index (χ1) is 12.7. The zero-order valence-corrected chi connectivity index (χ0v) is 15.7. The van der Waals surface area contributed by atoms with Crippen LogP contribution in [0.4, 0.5) is 5.69 Å². The molecule has 0 saturated carbocycles. The topological polar surface area (TPSA) is 55.3 Å².